The number of aryl methyl sites for hydroxylation is 1. The lowest BCUT2D eigenvalue weighted by molar-refractivity contribution is 0.325. The molecule has 2 aromatic rings. The first-order valence-electron chi connectivity index (χ1n) is 7.06. The van der Waals surface area contributed by atoms with Crippen molar-refractivity contribution >= 4 is 32.8 Å². The predicted octanol–water partition coefficient (Wildman–Crippen LogP) is 3.14. The van der Waals surface area contributed by atoms with Crippen molar-refractivity contribution in [2.24, 2.45) is 12.5 Å². The molecule has 0 aliphatic carbocycles. The number of rotatable bonds is 1. The topological polar surface area (TPSA) is 46.8 Å². The lowest BCUT2D eigenvalue weighted by Crippen LogP contribution is -2.26. The molecule has 1 saturated heterocycles. The predicted molar refractivity (Wildman–Crippen MR) is 83.8 cm³/mol. The van der Waals surface area contributed by atoms with Crippen LogP contribution in [0.1, 0.15) is 33.1 Å². The van der Waals surface area contributed by atoms with Gasteiger partial charge in [0, 0.05) is 20.1 Å². The Bertz CT molecular complexity index is 634. The van der Waals surface area contributed by atoms with Crippen molar-refractivity contribution in [3.63, 3.8) is 0 Å². The van der Waals surface area contributed by atoms with Gasteiger partial charge in [-0.1, -0.05) is 13.8 Å². The Morgan fingerprint density at radius 2 is 2.00 bits per heavy atom. The van der Waals surface area contributed by atoms with Crippen LogP contribution in [0.25, 0.3) is 11.0 Å². The van der Waals surface area contributed by atoms with Crippen molar-refractivity contribution in [3.05, 3.63) is 10.9 Å². The highest BCUT2D eigenvalue weighted by Gasteiger charge is 2.25. The zero-order chi connectivity index (χ0) is 14.3. The van der Waals surface area contributed by atoms with Crippen LogP contribution < -0.4 is 4.90 Å². The van der Waals surface area contributed by atoms with E-state index in [1.54, 1.807) is 11.0 Å². The Kier molecular flexibility index (Phi) is 3.44. The van der Waals surface area contributed by atoms with E-state index in [0.717, 1.165) is 34.5 Å². The quantitative estimate of drug-likeness (QED) is 0.801. The van der Waals surface area contributed by atoms with Gasteiger partial charge >= 0.3 is 0 Å². The summed E-state index contributed by atoms with van der Waals surface area (Å²) >= 11 is 3.54. The standard InChI is InChI=1S/C14H20BrN5/c1-14(2)5-4-7-20(8-6-14)13-10-11(15)18-19(3)12(10)16-9-17-13/h9H,4-8H2,1-3H3. The number of fused-ring (bicyclic) bond motifs is 1. The highest BCUT2D eigenvalue weighted by Crippen LogP contribution is 2.34. The van der Waals surface area contributed by atoms with Crippen molar-refractivity contribution < 1.29 is 0 Å². The first kappa shape index (κ1) is 13.8. The smallest absolute Gasteiger partial charge is 0.164 e. The second-order valence-electron chi connectivity index (χ2n) is 6.32. The lowest BCUT2D eigenvalue weighted by Gasteiger charge is -2.24. The molecule has 0 unspecified atom stereocenters. The van der Waals surface area contributed by atoms with Gasteiger partial charge < -0.3 is 4.90 Å². The highest BCUT2D eigenvalue weighted by atomic mass is 79.9. The van der Waals surface area contributed by atoms with Crippen molar-refractivity contribution in [2.45, 2.75) is 33.1 Å². The van der Waals surface area contributed by atoms with Gasteiger partial charge in [-0.15, -0.1) is 0 Å². The molecule has 1 aliphatic rings. The number of hydrogen-bond donors (Lipinski definition) is 0. The van der Waals surface area contributed by atoms with Crippen LogP contribution in [-0.2, 0) is 7.05 Å². The molecule has 0 spiro atoms. The van der Waals surface area contributed by atoms with E-state index in [1.165, 1.54) is 19.3 Å². The third kappa shape index (κ3) is 2.41. The Hall–Kier alpha value is -1.17. The van der Waals surface area contributed by atoms with Gasteiger partial charge in [0.15, 0.2) is 5.65 Å². The number of nitrogens with zero attached hydrogens (tertiary/aromatic N) is 5. The summed E-state index contributed by atoms with van der Waals surface area (Å²) in [5, 5.41) is 5.42. The molecule has 0 amide bonds. The molecule has 1 fully saturated rings. The molecular formula is C14H20BrN5. The Morgan fingerprint density at radius 3 is 2.80 bits per heavy atom. The molecule has 5 nitrogen and oxygen atoms in total. The first-order chi connectivity index (χ1) is 9.48. The number of hydrogen-bond acceptors (Lipinski definition) is 4. The van der Waals surface area contributed by atoms with Crippen molar-refractivity contribution in [3.8, 4) is 0 Å². The molecule has 0 N–H and O–H groups in total. The highest BCUT2D eigenvalue weighted by molar-refractivity contribution is 9.10. The molecule has 3 rings (SSSR count). The zero-order valence-corrected chi connectivity index (χ0v) is 13.8. The van der Waals surface area contributed by atoms with Crippen LogP contribution in [0.3, 0.4) is 0 Å². The summed E-state index contributed by atoms with van der Waals surface area (Å²) in [6.07, 6.45) is 5.31. The van der Waals surface area contributed by atoms with E-state index in [-0.39, 0.29) is 0 Å². The number of halogens is 1. The first-order valence-corrected chi connectivity index (χ1v) is 7.85. The molecule has 0 aromatic carbocycles. The van der Waals surface area contributed by atoms with Crippen LogP contribution in [0.5, 0.6) is 0 Å². The van der Waals surface area contributed by atoms with Crippen LogP contribution in [-0.4, -0.2) is 32.8 Å². The van der Waals surface area contributed by atoms with Crippen LogP contribution in [0, 0.1) is 5.41 Å². The van der Waals surface area contributed by atoms with Gasteiger partial charge in [-0.2, -0.15) is 5.10 Å². The molecule has 6 heteroatoms. The zero-order valence-electron chi connectivity index (χ0n) is 12.2. The van der Waals surface area contributed by atoms with E-state index >= 15 is 0 Å². The Morgan fingerprint density at radius 1 is 1.20 bits per heavy atom. The number of anilines is 1. The van der Waals surface area contributed by atoms with Crippen molar-refractivity contribution in [1.82, 2.24) is 19.7 Å². The maximum atomic E-state index is 4.53. The van der Waals surface area contributed by atoms with E-state index in [0.29, 0.717) is 5.41 Å². The molecule has 0 bridgehead atoms. The molecule has 1 aliphatic heterocycles. The van der Waals surface area contributed by atoms with Gasteiger partial charge in [0.1, 0.15) is 16.7 Å². The molecule has 0 radical (unpaired) electrons. The third-order valence-electron chi connectivity index (χ3n) is 4.20. The summed E-state index contributed by atoms with van der Waals surface area (Å²) in [6, 6.07) is 0. The molecule has 3 heterocycles. The summed E-state index contributed by atoms with van der Waals surface area (Å²) in [4.78, 5) is 11.2. The van der Waals surface area contributed by atoms with Crippen LogP contribution in [0.2, 0.25) is 0 Å². The Balaban J connectivity index is 2.02. The van der Waals surface area contributed by atoms with Crippen LogP contribution in [0.4, 0.5) is 5.82 Å². The normalized spacial score (nSPS) is 19.3. The average Bonchev–Trinajstić information content (AvgIpc) is 2.58. The van der Waals surface area contributed by atoms with Gasteiger partial charge in [0.2, 0.25) is 0 Å². The van der Waals surface area contributed by atoms with Crippen LogP contribution in [0.15, 0.2) is 10.9 Å². The van der Waals surface area contributed by atoms with Crippen molar-refractivity contribution in [1.29, 1.82) is 0 Å². The van der Waals surface area contributed by atoms with Crippen molar-refractivity contribution in [2.75, 3.05) is 18.0 Å². The number of aromatic nitrogens is 4. The summed E-state index contributed by atoms with van der Waals surface area (Å²) in [5.41, 5.74) is 1.30. The summed E-state index contributed by atoms with van der Waals surface area (Å²) in [5.74, 6) is 1.01. The molecule has 108 valence electrons. The lowest BCUT2D eigenvalue weighted by atomic mass is 9.85. The minimum atomic E-state index is 0.424. The molecular weight excluding hydrogens is 318 g/mol. The van der Waals surface area contributed by atoms with E-state index in [9.17, 15) is 0 Å². The fourth-order valence-electron chi connectivity index (χ4n) is 2.90. The average molecular weight is 338 g/mol. The fraction of sp³-hybridized carbons (Fsp3) is 0.643. The largest absolute Gasteiger partial charge is 0.356 e. The minimum Gasteiger partial charge on any atom is -0.356 e. The SMILES string of the molecule is Cn1nc(Br)c2c(N3CCCC(C)(C)CC3)ncnc21. The summed E-state index contributed by atoms with van der Waals surface area (Å²) in [6.45, 7) is 6.80. The maximum Gasteiger partial charge on any atom is 0.164 e. The van der Waals surface area contributed by atoms with E-state index in [2.05, 4.69) is 49.7 Å². The van der Waals surface area contributed by atoms with E-state index in [1.807, 2.05) is 7.05 Å². The Labute approximate surface area is 127 Å². The molecule has 0 saturated carbocycles. The second kappa shape index (κ2) is 4.98. The van der Waals surface area contributed by atoms with E-state index in [4.69, 9.17) is 0 Å². The van der Waals surface area contributed by atoms with Gasteiger partial charge in [0.25, 0.3) is 0 Å². The summed E-state index contributed by atoms with van der Waals surface area (Å²) in [7, 11) is 1.91. The third-order valence-corrected chi connectivity index (χ3v) is 4.75. The van der Waals surface area contributed by atoms with Gasteiger partial charge in [-0.3, -0.25) is 0 Å². The second-order valence-corrected chi connectivity index (χ2v) is 7.07. The molecule has 0 atom stereocenters. The van der Waals surface area contributed by atoms with Gasteiger partial charge in [-0.05, 0) is 40.6 Å². The van der Waals surface area contributed by atoms with Gasteiger partial charge in [-0.25, -0.2) is 14.6 Å². The van der Waals surface area contributed by atoms with E-state index < -0.39 is 0 Å². The maximum absolute atomic E-state index is 4.53. The minimum absolute atomic E-state index is 0.424. The summed E-state index contributed by atoms with van der Waals surface area (Å²) < 4.78 is 2.63. The molecule has 20 heavy (non-hydrogen) atoms. The monoisotopic (exact) mass is 337 g/mol. The molecule has 2 aromatic heterocycles. The van der Waals surface area contributed by atoms with Crippen LogP contribution >= 0.6 is 15.9 Å². The fourth-order valence-corrected chi connectivity index (χ4v) is 3.49. The van der Waals surface area contributed by atoms with Gasteiger partial charge in [0.05, 0.1) is 5.39 Å².